The molecule has 1 aromatic rings. The van der Waals surface area contributed by atoms with E-state index in [0.717, 1.165) is 19.5 Å². The van der Waals surface area contributed by atoms with Crippen LogP contribution in [0, 0.1) is 6.92 Å². The molecule has 0 aliphatic heterocycles. The van der Waals surface area contributed by atoms with Gasteiger partial charge in [-0.25, -0.2) is 9.59 Å². The lowest BCUT2D eigenvalue weighted by molar-refractivity contribution is -0.139. The molecular weight excluding hydrogens is 430 g/mol. The normalized spacial score (nSPS) is 10.4. The molecule has 0 radical (unpaired) electrons. The fourth-order valence-electron chi connectivity index (χ4n) is 2.29. The largest absolute Gasteiger partial charge is 0.481 e. The van der Waals surface area contributed by atoms with E-state index in [1.54, 1.807) is 6.92 Å². The van der Waals surface area contributed by atoms with Crippen LogP contribution in [0.15, 0.2) is 24.3 Å². The molecule has 188 valence electrons. The van der Waals surface area contributed by atoms with Gasteiger partial charge in [-0.1, -0.05) is 50.6 Å². The van der Waals surface area contributed by atoms with Crippen molar-refractivity contribution in [1.29, 1.82) is 0 Å². The number of carbonyl (C=O) groups is 4. The van der Waals surface area contributed by atoms with Crippen LogP contribution in [-0.2, 0) is 20.9 Å². The minimum atomic E-state index is -1.11. The second-order valence-electron chi connectivity index (χ2n) is 6.84. The molecule has 1 rings (SSSR count). The zero-order chi connectivity index (χ0) is 25.6. The maximum atomic E-state index is 11.6. The van der Waals surface area contributed by atoms with E-state index in [1.165, 1.54) is 11.1 Å². The summed E-state index contributed by atoms with van der Waals surface area (Å²) in [4.78, 5) is 42.5. The van der Waals surface area contributed by atoms with E-state index in [0.29, 0.717) is 12.8 Å². The second-order valence-corrected chi connectivity index (χ2v) is 6.84. The van der Waals surface area contributed by atoms with Crippen LogP contribution in [0.1, 0.15) is 64.0 Å². The van der Waals surface area contributed by atoms with Crippen LogP contribution in [0.2, 0.25) is 0 Å². The standard InChI is InChI=1S/C18H27N3O5.C3H6O2.C2H6/c1-13-5-7-14(8-6-13)12-19-10-3-2-4-15(17(24)25)21-18(26)20-11-9-16(22)23;1-2-3(4)5;1-2/h5-8,15,19H,2-4,9-12H2,1H3,(H,22,23)(H,24,25)(H2,20,21,26);2H2,1H3,(H,4,5);1-2H3. The number of rotatable bonds is 13. The van der Waals surface area contributed by atoms with Gasteiger partial charge in [0.25, 0.3) is 0 Å². The highest BCUT2D eigenvalue weighted by Crippen LogP contribution is 2.04. The van der Waals surface area contributed by atoms with Crippen molar-refractivity contribution < 1.29 is 34.5 Å². The Morgan fingerprint density at radius 2 is 1.48 bits per heavy atom. The summed E-state index contributed by atoms with van der Waals surface area (Å²) in [6, 6.07) is 6.59. The summed E-state index contributed by atoms with van der Waals surface area (Å²) in [6.45, 7) is 9.10. The van der Waals surface area contributed by atoms with Crippen LogP contribution in [0.5, 0.6) is 0 Å². The molecule has 0 bridgehead atoms. The molecule has 0 aromatic heterocycles. The zero-order valence-electron chi connectivity index (χ0n) is 20.0. The number of aryl methyl sites for hydroxylation is 1. The number of nitrogens with one attached hydrogen (secondary N) is 3. The van der Waals surface area contributed by atoms with Gasteiger partial charge in [0.05, 0.1) is 6.42 Å². The smallest absolute Gasteiger partial charge is 0.326 e. The van der Waals surface area contributed by atoms with Gasteiger partial charge in [-0.3, -0.25) is 9.59 Å². The first-order chi connectivity index (χ1) is 15.6. The van der Waals surface area contributed by atoms with Crippen molar-refractivity contribution in [1.82, 2.24) is 16.0 Å². The SMILES string of the molecule is CC.CCC(=O)O.Cc1ccc(CNCCCCC(NC(=O)NCCC(=O)O)C(=O)O)cc1. The molecule has 2 amide bonds. The average Bonchev–Trinajstić information content (AvgIpc) is 2.77. The van der Waals surface area contributed by atoms with Crippen molar-refractivity contribution in [3.05, 3.63) is 35.4 Å². The molecular formula is C23H39N3O7. The molecule has 33 heavy (non-hydrogen) atoms. The third-order valence-electron chi connectivity index (χ3n) is 4.08. The summed E-state index contributed by atoms with van der Waals surface area (Å²) in [5.41, 5.74) is 2.41. The Morgan fingerprint density at radius 3 is 1.97 bits per heavy atom. The maximum Gasteiger partial charge on any atom is 0.326 e. The Morgan fingerprint density at radius 1 is 0.909 bits per heavy atom. The second kappa shape index (κ2) is 20.7. The molecule has 0 spiro atoms. The highest BCUT2D eigenvalue weighted by molar-refractivity contribution is 5.82. The lowest BCUT2D eigenvalue weighted by Gasteiger charge is -2.15. The van der Waals surface area contributed by atoms with Crippen molar-refractivity contribution in [2.75, 3.05) is 13.1 Å². The van der Waals surface area contributed by atoms with Gasteiger partial charge in [0.2, 0.25) is 0 Å². The molecule has 1 atom stereocenters. The van der Waals surface area contributed by atoms with Crippen LogP contribution in [0.25, 0.3) is 0 Å². The first-order valence-corrected chi connectivity index (χ1v) is 11.1. The highest BCUT2D eigenvalue weighted by Gasteiger charge is 2.19. The minimum Gasteiger partial charge on any atom is -0.481 e. The summed E-state index contributed by atoms with van der Waals surface area (Å²) in [5.74, 6) is -2.88. The number of urea groups is 1. The Bertz CT molecular complexity index is 694. The van der Waals surface area contributed by atoms with Crippen molar-refractivity contribution in [3.63, 3.8) is 0 Å². The van der Waals surface area contributed by atoms with Gasteiger partial charge < -0.3 is 31.3 Å². The number of hydrogen-bond donors (Lipinski definition) is 6. The summed E-state index contributed by atoms with van der Waals surface area (Å²) >= 11 is 0. The highest BCUT2D eigenvalue weighted by atomic mass is 16.4. The summed E-state index contributed by atoms with van der Waals surface area (Å²) in [5, 5.41) is 33.4. The number of aliphatic carboxylic acids is 3. The fraction of sp³-hybridized carbons (Fsp3) is 0.565. The Hall–Kier alpha value is -3.14. The number of hydrogen-bond acceptors (Lipinski definition) is 5. The molecule has 6 N–H and O–H groups in total. The first kappa shape index (κ1) is 32.0. The van der Waals surface area contributed by atoms with Crippen LogP contribution < -0.4 is 16.0 Å². The number of carboxylic acid groups (broad SMARTS) is 3. The van der Waals surface area contributed by atoms with E-state index in [9.17, 15) is 19.2 Å². The molecule has 0 aliphatic rings. The van der Waals surface area contributed by atoms with Crippen molar-refractivity contribution in [3.8, 4) is 0 Å². The van der Waals surface area contributed by atoms with Crippen LogP contribution >= 0.6 is 0 Å². The maximum absolute atomic E-state index is 11.6. The van der Waals surface area contributed by atoms with Crippen LogP contribution in [0.4, 0.5) is 4.79 Å². The van der Waals surface area contributed by atoms with Crippen molar-refractivity contribution in [2.45, 2.75) is 72.4 Å². The van der Waals surface area contributed by atoms with Gasteiger partial charge in [-0.05, 0) is 38.3 Å². The zero-order valence-corrected chi connectivity index (χ0v) is 20.0. The quantitative estimate of drug-likeness (QED) is 0.240. The third kappa shape index (κ3) is 20.5. The van der Waals surface area contributed by atoms with Gasteiger partial charge in [0.1, 0.15) is 6.04 Å². The van der Waals surface area contributed by atoms with Gasteiger partial charge in [-0.2, -0.15) is 0 Å². The van der Waals surface area contributed by atoms with E-state index in [4.69, 9.17) is 15.3 Å². The summed E-state index contributed by atoms with van der Waals surface area (Å²) in [7, 11) is 0. The fourth-order valence-corrected chi connectivity index (χ4v) is 2.29. The summed E-state index contributed by atoms with van der Waals surface area (Å²) < 4.78 is 0. The lowest BCUT2D eigenvalue weighted by Crippen LogP contribution is -2.46. The Kier molecular flexibility index (Phi) is 20.1. The topological polar surface area (TPSA) is 165 Å². The van der Waals surface area contributed by atoms with E-state index in [1.807, 2.05) is 20.8 Å². The number of carboxylic acids is 3. The number of unbranched alkanes of at least 4 members (excludes halogenated alkanes) is 1. The molecule has 0 saturated carbocycles. The monoisotopic (exact) mass is 469 g/mol. The van der Waals surface area contributed by atoms with E-state index >= 15 is 0 Å². The van der Waals surface area contributed by atoms with E-state index in [-0.39, 0.29) is 19.4 Å². The number of benzene rings is 1. The molecule has 10 heteroatoms. The van der Waals surface area contributed by atoms with Gasteiger partial charge >= 0.3 is 23.9 Å². The Balaban J connectivity index is 0. The molecule has 0 heterocycles. The molecule has 1 aromatic carbocycles. The van der Waals surface area contributed by atoms with Crippen LogP contribution in [0.3, 0.4) is 0 Å². The Labute approximate surface area is 195 Å². The molecule has 0 saturated heterocycles. The first-order valence-electron chi connectivity index (χ1n) is 11.1. The van der Waals surface area contributed by atoms with Gasteiger partial charge in [-0.15, -0.1) is 0 Å². The molecule has 1 unspecified atom stereocenters. The predicted octanol–water partition coefficient (Wildman–Crippen LogP) is 2.99. The van der Waals surface area contributed by atoms with E-state index in [2.05, 4.69) is 40.2 Å². The average molecular weight is 470 g/mol. The number of amides is 2. The van der Waals surface area contributed by atoms with Crippen molar-refractivity contribution >= 4 is 23.9 Å². The minimum absolute atomic E-state index is 0.0452. The number of carbonyl (C=O) groups excluding carboxylic acids is 1. The van der Waals surface area contributed by atoms with Gasteiger partial charge in [0, 0.05) is 19.5 Å². The van der Waals surface area contributed by atoms with E-state index < -0.39 is 30.0 Å². The van der Waals surface area contributed by atoms with Crippen LogP contribution in [-0.4, -0.2) is 58.4 Å². The molecule has 0 aliphatic carbocycles. The van der Waals surface area contributed by atoms with Gasteiger partial charge in [0.15, 0.2) is 0 Å². The van der Waals surface area contributed by atoms with Crippen molar-refractivity contribution in [2.24, 2.45) is 0 Å². The molecule has 0 fully saturated rings. The summed E-state index contributed by atoms with van der Waals surface area (Å²) in [6.07, 6.45) is 1.76. The lowest BCUT2D eigenvalue weighted by atomic mass is 10.1. The third-order valence-corrected chi connectivity index (χ3v) is 4.08. The predicted molar refractivity (Wildman–Crippen MR) is 126 cm³/mol. The molecule has 10 nitrogen and oxygen atoms in total.